The number of nitrogens with one attached hydrogen (secondary N) is 1. The molecule has 1 amide bonds. The molecule has 3 nitrogen and oxygen atoms in total. The molecule has 0 saturated carbocycles. The lowest BCUT2D eigenvalue weighted by Crippen LogP contribution is -2.21. The Morgan fingerprint density at radius 2 is 1.81 bits per heavy atom. The van der Waals surface area contributed by atoms with E-state index in [9.17, 15) is 4.79 Å². The van der Waals surface area contributed by atoms with Crippen molar-refractivity contribution in [3.05, 3.63) is 76.3 Å². The van der Waals surface area contributed by atoms with Crippen LogP contribution >= 0.6 is 23.4 Å². The van der Waals surface area contributed by atoms with Crippen LogP contribution in [0.1, 0.15) is 10.4 Å². The summed E-state index contributed by atoms with van der Waals surface area (Å²) in [5, 5.41) is 13.9. The lowest BCUT2D eigenvalue weighted by Gasteiger charge is -2.03. The van der Waals surface area contributed by atoms with E-state index < -0.39 is 0 Å². The highest BCUT2D eigenvalue weighted by Gasteiger charge is 2.06. The van der Waals surface area contributed by atoms with Gasteiger partial charge in [0.15, 0.2) is 0 Å². The van der Waals surface area contributed by atoms with Crippen LogP contribution in [0.5, 0.6) is 0 Å². The van der Waals surface area contributed by atoms with E-state index in [-0.39, 0.29) is 11.6 Å². The number of rotatable bonds is 4. The van der Waals surface area contributed by atoms with Gasteiger partial charge in [0.1, 0.15) is 11.8 Å². The predicted octanol–water partition coefficient (Wildman–Crippen LogP) is 4.23. The number of amides is 1. The zero-order chi connectivity index (χ0) is 15.1. The molecule has 0 aliphatic carbocycles. The highest BCUT2D eigenvalue weighted by molar-refractivity contribution is 8.02. The number of halogens is 1. The number of hydrogen-bond acceptors (Lipinski definition) is 3. The van der Waals surface area contributed by atoms with Gasteiger partial charge in [0.05, 0.1) is 0 Å². The average Bonchev–Trinajstić information content (AvgIpc) is 2.53. The second-order valence-electron chi connectivity index (χ2n) is 4.04. The summed E-state index contributed by atoms with van der Waals surface area (Å²) in [6, 6.07) is 17.9. The minimum Gasteiger partial charge on any atom is -0.313 e. The van der Waals surface area contributed by atoms with Crippen molar-refractivity contribution in [3.8, 4) is 6.07 Å². The van der Waals surface area contributed by atoms with Crippen molar-refractivity contribution in [2.75, 3.05) is 0 Å². The first-order valence-electron chi connectivity index (χ1n) is 6.08. The largest absolute Gasteiger partial charge is 0.313 e. The molecule has 0 aliphatic rings. The first-order valence-corrected chi connectivity index (χ1v) is 7.33. The van der Waals surface area contributed by atoms with Crippen molar-refractivity contribution < 1.29 is 4.79 Å². The Kier molecular flexibility index (Phi) is 5.44. The maximum atomic E-state index is 11.9. The Morgan fingerprint density at radius 1 is 1.14 bits per heavy atom. The van der Waals surface area contributed by atoms with Crippen molar-refractivity contribution >= 4 is 29.3 Å². The average molecular weight is 315 g/mol. The van der Waals surface area contributed by atoms with E-state index in [2.05, 4.69) is 5.32 Å². The van der Waals surface area contributed by atoms with E-state index >= 15 is 0 Å². The molecule has 0 bridgehead atoms. The Bertz CT molecular complexity index is 690. The molecule has 5 heteroatoms. The lowest BCUT2D eigenvalue weighted by atomic mass is 10.2. The molecule has 2 aromatic carbocycles. The molecule has 0 aromatic heterocycles. The Balaban J connectivity index is 2.03. The number of carbonyl (C=O) groups excluding carboxylic acids is 1. The molecule has 0 radical (unpaired) electrons. The van der Waals surface area contributed by atoms with Crippen LogP contribution in [0.2, 0.25) is 5.02 Å². The van der Waals surface area contributed by atoms with Crippen molar-refractivity contribution in [1.82, 2.24) is 5.32 Å². The molecule has 1 N–H and O–H groups in total. The quantitative estimate of drug-likeness (QED) is 0.679. The van der Waals surface area contributed by atoms with Crippen LogP contribution in [0.15, 0.2) is 70.6 Å². The van der Waals surface area contributed by atoms with Gasteiger partial charge in [-0.05, 0) is 36.4 Å². The molecule has 21 heavy (non-hydrogen) atoms. The number of carbonyl (C=O) groups is 1. The Hall–Kier alpha value is -2.22. The normalized spacial score (nSPS) is 10.8. The van der Waals surface area contributed by atoms with Crippen molar-refractivity contribution in [1.29, 1.82) is 5.26 Å². The number of benzene rings is 2. The van der Waals surface area contributed by atoms with Crippen LogP contribution in [0.4, 0.5) is 0 Å². The van der Waals surface area contributed by atoms with Gasteiger partial charge in [-0.2, -0.15) is 5.26 Å². The van der Waals surface area contributed by atoms with E-state index in [1.807, 2.05) is 24.3 Å². The minimum atomic E-state index is -0.305. The van der Waals surface area contributed by atoms with Gasteiger partial charge < -0.3 is 5.32 Å². The molecule has 0 fully saturated rings. The fourth-order valence-corrected chi connectivity index (χ4v) is 2.29. The Morgan fingerprint density at radius 3 is 2.43 bits per heavy atom. The van der Waals surface area contributed by atoms with Gasteiger partial charge in [0.2, 0.25) is 0 Å². The van der Waals surface area contributed by atoms with Crippen LogP contribution in [0.3, 0.4) is 0 Å². The third-order valence-electron chi connectivity index (χ3n) is 2.53. The minimum absolute atomic E-state index is 0.198. The summed E-state index contributed by atoms with van der Waals surface area (Å²) in [4.78, 5) is 12.9. The first kappa shape index (κ1) is 15.2. The van der Waals surface area contributed by atoms with Gasteiger partial charge in [0, 0.05) is 20.9 Å². The molecule has 0 heterocycles. The van der Waals surface area contributed by atoms with Gasteiger partial charge in [0.25, 0.3) is 5.91 Å². The summed E-state index contributed by atoms with van der Waals surface area (Å²) in [6.45, 7) is 0. The maximum Gasteiger partial charge on any atom is 0.256 e. The van der Waals surface area contributed by atoms with Crippen LogP contribution in [-0.4, -0.2) is 5.91 Å². The van der Waals surface area contributed by atoms with Gasteiger partial charge in [-0.1, -0.05) is 41.6 Å². The van der Waals surface area contributed by atoms with Crippen LogP contribution in [0, 0.1) is 11.3 Å². The van der Waals surface area contributed by atoms with E-state index in [1.165, 1.54) is 11.8 Å². The lowest BCUT2D eigenvalue weighted by molar-refractivity contribution is 0.0967. The van der Waals surface area contributed by atoms with E-state index in [1.54, 1.807) is 41.8 Å². The molecule has 2 aromatic rings. The Labute approximate surface area is 132 Å². The zero-order valence-corrected chi connectivity index (χ0v) is 12.5. The maximum absolute atomic E-state index is 11.9. The van der Waals surface area contributed by atoms with Gasteiger partial charge in [-0.15, -0.1) is 0 Å². The zero-order valence-electron chi connectivity index (χ0n) is 10.9. The fraction of sp³-hybridized carbons (Fsp3) is 0. The second kappa shape index (κ2) is 7.53. The highest BCUT2D eigenvalue weighted by Crippen LogP contribution is 2.22. The number of nitriles is 1. The number of hydrogen-bond donors (Lipinski definition) is 1. The highest BCUT2D eigenvalue weighted by atomic mass is 35.5. The van der Waals surface area contributed by atoms with Crippen molar-refractivity contribution in [2.24, 2.45) is 0 Å². The third-order valence-corrected chi connectivity index (χ3v) is 3.68. The van der Waals surface area contributed by atoms with Crippen molar-refractivity contribution in [3.63, 3.8) is 0 Å². The summed E-state index contributed by atoms with van der Waals surface area (Å²) < 4.78 is 0. The van der Waals surface area contributed by atoms with E-state index in [4.69, 9.17) is 16.9 Å². The first-order chi connectivity index (χ1) is 10.2. The molecule has 0 unspecified atom stereocenters. The number of allylic oxidation sites excluding steroid dienone is 1. The summed E-state index contributed by atoms with van der Waals surface area (Å²) >= 11 is 7.15. The van der Waals surface area contributed by atoms with E-state index in [0.29, 0.717) is 10.6 Å². The van der Waals surface area contributed by atoms with Crippen molar-refractivity contribution in [2.45, 2.75) is 4.90 Å². The number of thioether (sulfide) groups is 1. The van der Waals surface area contributed by atoms with Crippen LogP contribution < -0.4 is 5.32 Å². The predicted molar refractivity (Wildman–Crippen MR) is 84.9 cm³/mol. The molecule has 0 spiro atoms. The van der Waals surface area contributed by atoms with Gasteiger partial charge in [-0.3, -0.25) is 4.79 Å². The SMILES string of the molecule is N#CC(=CSc1ccc(Cl)cc1)NC(=O)c1ccccc1. The summed E-state index contributed by atoms with van der Waals surface area (Å²) in [6.07, 6.45) is 0. The molecule has 0 aliphatic heterocycles. The standard InChI is InChI=1S/C16H11ClN2OS/c17-13-6-8-15(9-7-13)21-11-14(10-18)19-16(20)12-4-2-1-3-5-12/h1-9,11H,(H,19,20). The van der Waals surface area contributed by atoms with Gasteiger partial charge >= 0.3 is 0 Å². The summed E-state index contributed by atoms with van der Waals surface area (Å²) in [5.74, 6) is -0.305. The molecular formula is C16H11ClN2OS. The van der Waals surface area contributed by atoms with E-state index in [0.717, 1.165) is 4.90 Å². The fourth-order valence-electron chi connectivity index (χ4n) is 1.51. The smallest absolute Gasteiger partial charge is 0.256 e. The van der Waals surface area contributed by atoms with Gasteiger partial charge in [-0.25, -0.2) is 0 Å². The van der Waals surface area contributed by atoms with Crippen LogP contribution in [-0.2, 0) is 0 Å². The van der Waals surface area contributed by atoms with Crippen LogP contribution in [0.25, 0.3) is 0 Å². The summed E-state index contributed by atoms with van der Waals surface area (Å²) in [5.41, 5.74) is 0.707. The number of nitrogens with zero attached hydrogens (tertiary/aromatic N) is 1. The third kappa shape index (κ3) is 4.67. The molecule has 2 rings (SSSR count). The second-order valence-corrected chi connectivity index (χ2v) is 5.41. The summed E-state index contributed by atoms with van der Waals surface area (Å²) in [7, 11) is 0. The molecule has 104 valence electrons. The topological polar surface area (TPSA) is 52.9 Å². The monoisotopic (exact) mass is 314 g/mol. The molecule has 0 atom stereocenters. The molecule has 0 saturated heterocycles. The molecular weight excluding hydrogens is 304 g/mol.